The number of hydrogen-bond acceptors (Lipinski definition) is 6. The van der Waals surface area contributed by atoms with Crippen LogP contribution in [0.4, 0.5) is 23.7 Å². The van der Waals surface area contributed by atoms with Crippen LogP contribution in [-0.4, -0.2) is 53.8 Å². The summed E-state index contributed by atoms with van der Waals surface area (Å²) in [6, 6.07) is 12.8. The maximum Gasteiger partial charge on any atom is 0.417 e. The summed E-state index contributed by atoms with van der Waals surface area (Å²) in [5, 5.41) is 18.6. The van der Waals surface area contributed by atoms with E-state index in [1.807, 2.05) is 12.1 Å². The van der Waals surface area contributed by atoms with Gasteiger partial charge in [-0.15, -0.1) is 0 Å². The Kier molecular flexibility index (Phi) is 9.52. The van der Waals surface area contributed by atoms with Crippen LogP contribution in [0.2, 0.25) is 0 Å². The largest absolute Gasteiger partial charge is 0.417 e. The second-order valence-electron chi connectivity index (χ2n) is 10.6. The molecule has 2 aliphatic heterocycles. The molecule has 1 fully saturated rings. The smallest absolute Gasteiger partial charge is 0.351 e. The first kappa shape index (κ1) is 31.3. The van der Waals surface area contributed by atoms with Gasteiger partial charge in [0.1, 0.15) is 0 Å². The SMILES string of the molecule is CC1=C(CCCCCCN2CCN(C(N)=O)C(c3ccccc3C#N)C2)C(=O)N(c2ccc(C#N)c(C(F)(F)F)c2)C1=O. The molecular formula is C31H31F3N6O3. The second-order valence-corrected chi connectivity index (χ2v) is 10.6. The summed E-state index contributed by atoms with van der Waals surface area (Å²) in [7, 11) is 0. The summed E-state index contributed by atoms with van der Waals surface area (Å²) >= 11 is 0. The van der Waals surface area contributed by atoms with E-state index in [-0.39, 0.29) is 22.9 Å². The average molecular weight is 593 g/mol. The van der Waals surface area contributed by atoms with Crippen molar-refractivity contribution >= 4 is 23.5 Å². The van der Waals surface area contributed by atoms with E-state index in [4.69, 9.17) is 11.0 Å². The van der Waals surface area contributed by atoms with E-state index in [2.05, 4.69) is 11.0 Å². The number of unbranched alkanes of at least 4 members (excludes halogenated alkanes) is 3. The second kappa shape index (κ2) is 13.1. The Morgan fingerprint density at radius 3 is 2.35 bits per heavy atom. The van der Waals surface area contributed by atoms with Crippen LogP contribution in [-0.2, 0) is 15.8 Å². The number of carbonyl (C=O) groups is 3. The first-order valence-electron chi connectivity index (χ1n) is 13.9. The van der Waals surface area contributed by atoms with Crippen LogP contribution in [0.25, 0.3) is 0 Å². The molecule has 2 heterocycles. The summed E-state index contributed by atoms with van der Waals surface area (Å²) in [4.78, 5) is 42.5. The number of anilines is 1. The molecule has 2 aromatic carbocycles. The third-order valence-electron chi connectivity index (χ3n) is 7.96. The van der Waals surface area contributed by atoms with Gasteiger partial charge >= 0.3 is 12.2 Å². The number of benzene rings is 2. The van der Waals surface area contributed by atoms with Gasteiger partial charge in [0.2, 0.25) is 0 Å². The van der Waals surface area contributed by atoms with Gasteiger partial charge in [-0.3, -0.25) is 14.5 Å². The molecule has 9 nitrogen and oxygen atoms in total. The van der Waals surface area contributed by atoms with E-state index in [1.165, 1.54) is 19.1 Å². The van der Waals surface area contributed by atoms with Crippen molar-refractivity contribution in [2.45, 2.75) is 51.2 Å². The van der Waals surface area contributed by atoms with Crippen LogP contribution in [0.1, 0.15) is 67.3 Å². The highest BCUT2D eigenvalue weighted by atomic mass is 19.4. The first-order valence-corrected chi connectivity index (χ1v) is 13.9. The van der Waals surface area contributed by atoms with Gasteiger partial charge in [0, 0.05) is 30.8 Å². The van der Waals surface area contributed by atoms with E-state index in [9.17, 15) is 32.8 Å². The zero-order valence-electron chi connectivity index (χ0n) is 23.7. The number of nitrogens with two attached hydrogens (primary N) is 1. The fourth-order valence-electron chi connectivity index (χ4n) is 5.67. The Bertz CT molecular complexity index is 1540. The maximum absolute atomic E-state index is 13.4. The fraction of sp³-hybridized carbons (Fsp3) is 0.387. The van der Waals surface area contributed by atoms with Crippen LogP contribution in [0, 0.1) is 22.7 Å². The molecule has 0 radical (unpaired) electrons. The van der Waals surface area contributed by atoms with Gasteiger partial charge in [-0.05, 0) is 62.6 Å². The van der Waals surface area contributed by atoms with Gasteiger partial charge in [0.05, 0.1) is 40.6 Å². The molecule has 2 N–H and O–H groups in total. The number of primary amides is 1. The van der Waals surface area contributed by atoms with Crippen LogP contribution in [0.5, 0.6) is 0 Å². The molecule has 0 spiro atoms. The highest BCUT2D eigenvalue weighted by Crippen LogP contribution is 2.37. The number of nitriles is 2. The van der Waals surface area contributed by atoms with Crippen molar-refractivity contribution in [3.05, 3.63) is 75.9 Å². The quantitative estimate of drug-likeness (QED) is 0.321. The van der Waals surface area contributed by atoms with Gasteiger partial charge in [-0.1, -0.05) is 31.0 Å². The lowest BCUT2D eigenvalue weighted by atomic mass is 9.97. The molecule has 224 valence electrons. The molecule has 2 aliphatic rings. The molecule has 1 unspecified atom stereocenters. The minimum atomic E-state index is -4.81. The number of hydrogen-bond donors (Lipinski definition) is 1. The van der Waals surface area contributed by atoms with Gasteiger partial charge < -0.3 is 10.6 Å². The first-order chi connectivity index (χ1) is 20.5. The van der Waals surface area contributed by atoms with Crippen molar-refractivity contribution in [2.75, 3.05) is 31.1 Å². The summed E-state index contributed by atoms with van der Waals surface area (Å²) in [5.41, 5.74) is 5.37. The molecule has 0 aromatic heterocycles. The normalized spacial score (nSPS) is 17.8. The molecule has 0 aliphatic carbocycles. The van der Waals surface area contributed by atoms with E-state index in [1.54, 1.807) is 17.0 Å². The lowest BCUT2D eigenvalue weighted by molar-refractivity contribution is -0.138. The van der Waals surface area contributed by atoms with Crippen molar-refractivity contribution in [1.29, 1.82) is 10.5 Å². The van der Waals surface area contributed by atoms with E-state index >= 15 is 0 Å². The number of amides is 4. The summed E-state index contributed by atoms with van der Waals surface area (Å²) in [5.74, 6) is -1.31. The van der Waals surface area contributed by atoms with E-state index in [0.717, 1.165) is 42.3 Å². The molecule has 1 atom stereocenters. The number of carbonyl (C=O) groups excluding carboxylic acids is 3. The van der Waals surface area contributed by atoms with Crippen LogP contribution < -0.4 is 10.6 Å². The van der Waals surface area contributed by atoms with E-state index < -0.39 is 35.1 Å². The van der Waals surface area contributed by atoms with Crippen molar-refractivity contribution < 1.29 is 27.6 Å². The molecule has 43 heavy (non-hydrogen) atoms. The molecule has 4 rings (SSSR count). The molecule has 0 bridgehead atoms. The molecule has 4 amide bonds. The van der Waals surface area contributed by atoms with Crippen molar-refractivity contribution in [2.24, 2.45) is 5.73 Å². The Morgan fingerprint density at radius 1 is 0.977 bits per heavy atom. The lowest BCUT2D eigenvalue weighted by Crippen LogP contribution is -2.52. The number of halogens is 3. The number of rotatable bonds is 9. The van der Waals surface area contributed by atoms with Gasteiger partial charge in [-0.25, -0.2) is 9.69 Å². The summed E-state index contributed by atoms with van der Waals surface area (Å²) < 4.78 is 40.3. The van der Waals surface area contributed by atoms with Crippen LogP contribution >= 0.6 is 0 Å². The van der Waals surface area contributed by atoms with Crippen LogP contribution in [0.3, 0.4) is 0 Å². The predicted molar refractivity (Wildman–Crippen MR) is 151 cm³/mol. The minimum absolute atomic E-state index is 0.207. The Labute approximate surface area is 247 Å². The number of imide groups is 1. The highest BCUT2D eigenvalue weighted by molar-refractivity contribution is 6.32. The molecule has 12 heteroatoms. The monoisotopic (exact) mass is 592 g/mol. The Morgan fingerprint density at radius 2 is 1.67 bits per heavy atom. The predicted octanol–water partition coefficient (Wildman–Crippen LogP) is 5.03. The zero-order valence-corrected chi connectivity index (χ0v) is 23.7. The van der Waals surface area contributed by atoms with Gasteiger partial charge in [0.15, 0.2) is 0 Å². The fourth-order valence-corrected chi connectivity index (χ4v) is 5.67. The van der Waals surface area contributed by atoms with E-state index in [0.29, 0.717) is 44.1 Å². The lowest BCUT2D eigenvalue weighted by Gasteiger charge is -2.41. The number of alkyl halides is 3. The maximum atomic E-state index is 13.4. The summed E-state index contributed by atoms with van der Waals surface area (Å²) in [6.45, 7) is 3.91. The summed E-state index contributed by atoms with van der Waals surface area (Å²) in [6.07, 6.45) is -1.40. The van der Waals surface area contributed by atoms with Gasteiger partial charge in [-0.2, -0.15) is 23.7 Å². The average Bonchev–Trinajstić information content (AvgIpc) is 3.20. The zero-order chi connectivity index (χ0) is 31.3. The molecule has 0 saturated carbocycles. The van der Waals surface area contributed by atoms with Crippen molar-refractivity contribution in [3.63, 3.8) is 0 Å². The van der Waals surface area contributed by atoms with Crippen LogP contribution in [0.15, 0.2) is 53.6 Å². The third-order valence-corrected chi connectivity index (χ3v) is 7.96. The molecule has 2 aromatic rings. The van der Waals surface area contributed by atoms with Gasteiger partial charge in [0.25, 0.3) is 11.8 Å². The minimum Gasteiger partial charge on any atom is -0.351 e. The molecular weight excluding hydrogens is 561 g/mol. The topological polar surface area (TPSA) is 135 Å². The molecule has 1 saturated heterocycles. The van der Waals surface area contributed by atoms with Crippen molar-refractivity contribution in [3.8, 4) is 12.1 Å². The Hall–Kier alpha value is -4.68. The standard InChI is InChI=1S/C31H31F3N6O3/c1-20-24(29(42)40(28(20)41)23-12-11-22(18-36)26(16-23)31(32,33)34)9-4-2-3-7-13-38-14-15-39(30(37)43)27(19-38)25-10-6-5-8-21(25)17-35/h5-6,8,10-12,16,27H,2-4,7,9,13-15,19H2,1H3,(H2,37,43). The number of nitrogens with zero attached hydrogens (tertiary/aromatic N) is 5. The number of piperazine rings is 1. The number of urea groups is 1. The highest BCUT2D eigenvalue weighted by Gasteiger charge is 2.39. The third kappa shape index (κ3) is 6.71. The Balaban J connectivity index is 1.30. The van der Waals surface area contributed by atoms with Crippen molar-refractivity contribution in [1.82, 2.24) is 9.80 Å².